The highest BCUT2D eigenvalue weighted by molar-refractivity contribution is 5.69. The fraction of sp³-hybridized carbons (Fsp3) is 0.588. The van der Waals surface area contributed by atoms with Gasteiger partial charge in [-0.1, -0.05) is 6.07 Å². The molecule has 156 valence electrons. The maximum absolute atomic E-state index is 13.2. The Morgan fingerprint density at radius 1 is 1.14 bits per heavy atom. The second-order valence-electron chi connectivity index (χ2n) is 7.14. The quantitative estimate of drug-likeness (QED) is 0.673. The molecule has 1 aliphatic heterocycles. The zero-order chi connectivity index (χ0) is 20.7. The average molecular weight is 415 g/mol. The largest absolute Gasteiger partial charge is 0.490 e. The normalized spacial score (nSPS) is 21.7. The van der Waals surface area contributed by atoms with Gasteiger partial charge in [0, 0.05) is 24.6 Å². The lowest BCUT2D eigenvalue weighted by molar-refractivity contribution is -0.309. The molecule has 4 nitrogen and oxygen atoms in total. The zero-order valence-corrected chi connectivity index (χ0v) is 14.3. The van der Waals surface area contributed by atoms with Crippen molar-refractivity contribution < 1.29 is 45.0 Å². The number of halogens is 7. The minimum absolute atomic E-state index is 0.0166. The van der Waals surface area contributed by atoms with Gasteiger partial charge < -0.3 is 14.4 Å². The average Bonchev–Trinajstić information content (AvgIpc) is 2.93. The van der Waals surface area contributed by atoms with Crippen LogP contribution in [0.4, 0.5) is 35.5 Å². The van der Waals surface area contributed by atoms with Gasteiger partial charge in [-0.3, -0.25) is 0 Å². The van der Waals surface area contributed by atoms with E-state index in [1.807, 2.05) is 0 Å². The molecule has 28 heavy (non-hydrogen) atoms. The van der Waals surface area contributed by atoms with Crippen molar-refractivity contribution in [2.45, 2.75) is 43.8 Å². The van der Waals surface area contributed by atoms with Gasteiger partial charge >= 0.3 is 18.4 Å². The molecule has 1 heterocycles. The van der Waals surface area contributed by atoms with Gasteiger partial charge in [-0.2, -0.15) is 26.3 Å². The van der Waals surface area contributed by atoms with Crippen LogP contribution in [0, 0.1) is 11.2 Å². The van der Waals surface area contributed by atoms with Crippen LogP contribution in [-0.2, 0) is 4.74 Å². The van der Waals surface area contributed by atoms with Gasteiger partial charge in [0.25, 0.3) is 6.10 Å². The molecule has 0 aromatic heterocycles. The van der Waals surface area contributed by atoms with E-state index >= 15 is 0 Å². The van der Waals surface area contributed by atoms with Crippen molar-refractivity contribution in [1.82, 2.24) is 4.90 Å². The van der Waals surface area contributed by atoms with Crippen LogP contribution in [0.1, 0.15) is 19.3 Å². The maximum Gasteiger partial charge on any atom is 0.434 e. The predicted octanol–water partition coefficient (Wildman–Crippen LogP) is 4.69. The Morgan fingerprint density at radius 3 is 2.36 bits per heavy atom. The number of carbonyl (C=O) groups excluding carboxylic acids is 1. The van der Waals surface area contributed by atoms with E-state index in [2.05, 4.69) is 4.74 Å². The molecule has 1 unspecified atom stereocenters. The first-order valence-corrected chi connectivity index (χ1v) is 8.39. The summed E-state index contributed by atoms with van der Waals surface area (Å²) in [7, 11) is 0. The number of rotatable bonds is 3. The molecule has 0 N–H and O–H groups in total. The summed E-state index contributed by atoms with van der Waals surface area (Å²) >= 11 is 0. The number of nitrogens with zero attached hydrogens (tertiary/aromatic N) is 1. The number of ether oxygens (including phenoxy) is 2. The number of benzene rings is 1. The van der Waals surface area contributed by atoms with E-state index in [-0.39, 0.29) is 19.2 Å². The van der Waals surface area contributed by atoms with E-state index in [4.69, 9.17) is 4.74 Å². The molecule has 1 aromatic rings. The third-order valence-electron chi connectivity index (χ3n) is 4.88. The second kappa shape index (κ2) is 7.00. The lowest BCUT2D eigenvalue weighted by Gasteiger charge is -2.47. The summed E-state index contributed by atoms with van der Waals surface area (Å²) in [6.45, 7) is -0.0332. The maximum atomic E-state index is 13.2. The third kappa shape index (κ3) is 4.44. The highest BCUT2D eigenvalue weighted by Gasteiger charge is 2.61. The summed E-state index contributed by atoms with van der Waals surface area (Å²) < 4.78 is 97.4. The van der Waals surface area contributed by atoms with Gasteiger partial charge in [-0.25, -0.2) is 9.18 Å². The Morgan fingerprint density at radius 2 is 1.79 bits per heavy atom. The lowest BCUT2D eigenvalue weighted by Crippen LogP contribution is -2.59. The Balaban J connectivity index is 1.53. The first kappa shape index (κ1) is 20.5. The molecule has 1 aliphatic carbocycles. The van der Waals surface area contributed by atoms with Crippen LogP contribution in [0.5, 0.6) is 5.75 Å². The summed E-state index contributed by atoms with van der Waals surface area (Å²) in [6, 6.07) is 5.53. The van der Waals surface area contributed by atoms with E-state index in [0.29, 0.717) is 25.0 Å². The molecule has 1 saturated carbocycles. The Bertz CT molecular complexity index is 714. The first-order chi connectivity index (χ1) is 12.9. The highest BCUT2D eigenvalue weighted by atomic mass is 19.4. The summed E-state index contributed by atoms with van der Waals surface area (Å²) in [5, 5.41) is 0. The molecule has 2 aliphatic rings. The van der Waals surface area contributed by atoms with Gasteiger partial charge in [0.1, 0.15) is 11.6 Å². The summed E-state index contributed by atoms with van der Waals surface area (Å²) in [5.41, 5.74) is -0.441. The van der Waals surface area contributed by atoms with Crippen molar-refractivity contribution in [1.29, 1.82) is 0 Å². The van der Waals surface area contributed by atoms with Gasteiger partial charge in [-0.05, 0) is 31.4 Å². The highest BCUT2D eigenvalue weighted by Crippen LogP contribution is 2.47. The van der Waals surface area contributed by atoms with Crippen molar-refractivity contribution in [3.05, 3.63) is 30.1 Å². The van der Waals surface area contributed by atoms with Gasteiger partial charge in [0.15, 0.2) is 0 Å². The van der Waals surface area contributed by atoms with Gasteiger partial charge in [0.2, 0.25) is 0 Å². The van der Waals surface area contributed by atoms with E-state index in [1.54, 1.807) is 6.07 Å². The number of hydrogen-bond donors (Lipinski definition) is 0. The lowest BCUT2D eigenvalue weighted by atomic mass is 9.78. The van der Waals surface area contributed by atoms with Crippen LogP contribution >= 0.6 is 0 Å². The molecule has 1 spiro atoms. The topological polar surface area (TPSA) is 38.8 Å². The van der Waals surface area contributed by atoms with Crippen LogP contribution in [0.2, 0.25) is 0 Å². The minimum Gasteiger partial charge on any atom is -0.490 e. The van der Waals surface area contributed by atoms with Gasteiger partial charge in [-0.15, -0.1) is 0 Å². The van der Waals surface area contributed by atoms with Crippen LogP contribution in [0.25, 0.3) is 0 Å². The van der Waals surface area contributed by atoms with Crippen molar-refractivity contribution in [2.24, 2.45) is 5.41 Å². The molecule has 0 radical (unpaired) electrons. The standard InChI is InChI=1S/C17H16F7NO3/c18-10-2-1-3-11(6-10)27-12-4-5-15(7-12)8-25(9-15)14(26)28-13(16(19,20)21)17(22,23)24/h1-3,6,12-13H,4-5,7-9H2. The molecule has 1 aromatic carbocycles. The summed E-state index contributed by atoms with van der Waals surface area (Å²) in [5.74, 6) is -0.137. The summed E-state index contributed by atoms with van der Waals surface area (Å²) in [6.07, 6.45) is -16.0. The van der Waals surface area contributed by atoms with Crippen molar-refractivity contribution in [3.63, 3.8) is 0 Å². The van der Waals surface area contributed by atoms with Crippen molar-refractivity contribution in [3.8, 4) is 5.75 Å². The molecule has 3 rings (SSSR count). The van der Waals surface area contributed by atoms with Crippen LogP contribution in [0.15, 0.2) is 24.3 Å². The third-order valence-corrected chi connectivity index (χ3v) is 4.88. The molecule has 0 bridgehead atoms. The number of amides is 1. The number of carbonyl (C=O) groups is 1. The van der Waals surface area contributed by atoms with Crippen molar-refractivity contribution >= 4 is 6.09 Å². The molecule has 1 saturated heterocycles. The molecular weight excluding hydrogens is 399 g/mol. The fourth-order valence-electron chi connectivity index (χ4n) is 3.66. The van der Waals surface area contributed by atoms with Crippen LogP contribution in [-0.4, -0.2) is 48.6 Å². The van der Waals surface area contributed by atoms with E-state index in [1.165, 1.54) is 18.2 Å². The molecule has 2 fully saturated rings. The Hall–Kier alpha value is -2.20. The zero-order valence-electron chi connectivity index (χ0n) is 14.3. The van der Waals surface area contributed by atoms with Crippen LogP contribution < -0.4 is 4.74 Å². The van der Waals surface area contributed by atoms with E-state index < -0.39 is 35.8 Å². The fourth-order valence-corrected chi connectivity index (χ4v) is 3.66. The SMILES string of the molecule is O=C(OC(C(F)(F)F)C(F)(F)F)N1CC2(CCC(Oc3cccc(F)c3)C2)C1. The van der Waals surface area contributed by atoms with E-state index in [0.717, 1.165) is 4.90 Å². The van der Waals surface area contributed by atoms with Crippen molar-refractivity contribution in [2.75, 3.05) is 13.1 Å². The summed E-state index contributed by atoms with van der Waals surface area (Å²) in [4.78, 5) is 12.5. The van der Waals surface area contributed by atoms with E-state index in [9.17, 15) is 35.5 Å². The molecule has 1 amide bonds. The second-order valence-corrected chi connectivity index (χ2v) is 7.14. The molecule has 1 atom stereocenters. The number of hydrogen-bond acceptors (Lipinski definition) is 3. The molecular formula is C17H16F7NO3. The first-order valence-electron chi connectivity index (χ1n) is 8.39. The Labute approximate surface area is 155 Å². The molecule has 11 heteroatoms. The smallest absolute Gasteiger partial charge is 0.434 e. The number of likely N-dealkylation sites (tertiary alicyclic amines) is 1. The minimum atomic E-state index is -5.74. The Kier molecular flexibility index (Phi) is 5.13. The predicted molar refractivity (Wildman–Crippen MR) is 81.1 cm³/mol. The number of alkyl halides is 6. The van der Waals surface area contributed by atoms with Crippen LogP contribution in [0.3, 0.4) is 0 Å². The van der Waals surface area contributed by atoms with Gasteiger partial charge in [0.05, 0.1) is 6.10 Å². The monoisotopic (exact) mass is 415 g/mol.